The lowest BCUT2D eigenvalue weighted by Gasteiger charge is -2.72. The van der Waals surface area contributed by atoms with Crippen molar-refractivity contribution in [2.75, 3.05) is 0 Å². The van der Waals surface area contributed by atoms with Crippen molar-refractivity contribution in [3.05, 3.63) is 11.6 Å². The fraction of sp³-hybridized carbons (Fsp3) is 0.900. The van der Waals surface area contributed by atoms with E-state index in [2.05, 4.69) is 26.8 Å². The molecule has 5 rings (SSSR count). The Labute approximate surface area is 216 Å². The molecule has 0 radical (unpaired) electrons. The van der Waals surface area contributed by atoms with Gasteiger partial charge in [0.15, 0.2) is 0 Å². The van der Waals surface area contributed by atoms with Crippen molar-refractivity contribution in [3.63, 3.8) is 0 Å². The summed E-state index contributed by atoms with van der Waals surface area (Å²) in [7, 11) is 0. The average molecular weight is 505 g/mol. The molecular formula is C30H48O6. The molecule has 0 aromatic rings. The van der Waals surface area contributed by atoms with E-state index in [-0.39, 0.29) is 34.0 Å². The molecular weight excluding hydrogens is 456 g/mol. The zero-order chi connectivity index (χ0) is 26.9. The molecule has 5 aliphatic carbocycles. The number of carbonyl (C=O) groups is 1. The Morgan fingerprint density at radius 3 is 2.19 bits per heavy atom. The highest BCUT2D eigenvalue weighted by atomic mass is 16.4. The Bertz CT molecular complexity index is 986. The van der Waals surface area contributed by atoms with Gasteiger partial charge in [0.2, 0.25) is 0 Å². The summed E-state index contributed by atoms with van der Waals surface area (Å²) in [6, 6.07) is 0. The number of aliphatic carboxylic acids is 1. The van der Waals surface area contributed by atoms with Crippen molar-refractivity contribution in [3.8, 4) is 0 Å². The Morgan fingerprint density at radius 2 is 1.58 bits per heavy atom. The maximum Gasteiger partial charge on any atom is 0.310 e. The lowest BCUT2D eigenvalue weighted by molar-refractivity contribution is -0.266. The first-order chi connectivity index (χ1) is 16.4. The fourth-order valence-corrected chi connectivity index (χ4v) is 11.2. The maximum absolute atomic E-state index is 12.8. The molecule has 5 aliphatic rings. The molecule has 0 saturated heterocycles. The summed E-state index contributed by atoms with van der Waals surface area (Å²) >= 11 is 0. The number of rotatable bonds is 1. The SMILES string of the molecule is C[C@@H]1CC[C@]2(C(=O)O)CC[C@]3(C)C(=CC[C@@H]4[C@@]5(C)C[C@@H](O)[C@H](O)C(C)(C)C5[C@H](O)C[C@]43C)[C@@H]2[C@]1(C)O. The van der Waals surface area contributed by atoms with Crippen molar-refractivity contribution in [2.45, 2.75) is 117 Å². The van der Waals surface area contributed by atoms with Gasteiger partial charge in [0.05, 0.1) is 29.3 Å². The van der Waals surface area contributed by atoms with E-state index in [0.717, 1.165) is 12.0 Å². The van der Waals surface area contributed by atoms with Gasteiger partial charge in [-0.3, -0.25) is 4.79 Å². The molecule has 0 aliphatic heterocycles. The van der Waals surface area contributed by atoms with Crippen molar-refractivity contribution in [2.24, 2.45) is 50.7 Å². The number of aliphatic hydroxyl groups excluding tert-OH is 3. The molecule has 6 heteroatoms. The predicted molar refractivity (Wildman–Crippen MR) is 137 cm³/mol. The van der Waals surface area contributed by atoms with Crippen LogP contribution in [0.15, 0.2) is 11.6 Å². The van der Waals surface area contributed by atoms with Crippen LogP contribution >= 0.6 is 0 Å². The van der Waals surface area contributed by atoms with Gasteiger partial charge in [0, 0.05) is 5.92 Å². The average Bonchev–Trinajstić information content (AvgIpc) is 2.74. The number of carboxylic acid groups (broad SMARTS) is 1. The standard InChI is InChI=1S/C30H48O6/c1-16-10-11-30(24(34)35)13-12-27(5)17(21(30)29(16,7)36)8-9-20-26(4)14-19(32)23(33)25(2,3)22(26)18(31)15-28(20,27)6/h8,16,18-23,31-33,36H,9-15H2,1-7H3,(H,34,35)/t16-,18-,19-,20-,21-,22?,23+,26-,27-,28-,29-,30+/m1/s1. The summed E-state index contributed by atoms with van der Waals surface area (Å²) in [4.78, 5) is 12.8. The second-order valence-electron chi connectivity index (χ2n) is 15.0. The minimum absolute atomic E-state index is 0.00150. The van der Waals surface area contributed by atoms with Crippen molar-refractivity contribution in [1.82, 2.24) is 0 Å². The molecule has 12 atom stereocenters. The van der Waals surface area contributed by atoms with E-state index in [1.165, 1.54) is 0 Å². The Balaban J connectivity index is 1.68. The van der Waals surface area contributed by atoms with Gasteiger partial charge >= 0.3 is 5.97 Å². The zero-order valence-electron chi connectivity index (χ0n) is 23.2. The first-order valence-corrected chi connectivity index (χ1v) is 14.1. The lowest BCUT2D eigenvalue weighted by atomic mass is 9.32. The Kier molecular flexibility index (Phi) is 5.61. The maximum atomic E-state index is 12.8. The highest BCUT2D eigenvalue weighted by Gasteiger charge is 2.73. The van der Waals surface area contributed by atoms with Crippen LogP contribution in [-0.2, 0) is 4.79 Å². The molecule has 5 N–H and O–H groups in total. The minimum Gasteiger partial charge on any atom is -0.481 e. The van der Waals surface area contributed by atoms with Crippen LogP contribution in [0.25, 0.3) is 0 Å². The fourth-order valence-electron chi connectivity index (χ4n) is 11.2. The van der Waals surface area contributed by atoms with Crippen LogP contribution in [-0.4, -0.2) is 55.4 Å². The molecule has 0 aromatic heterocycles. The van der Waals surface area contributed by atoms with E-state index in [0.29, 0.717) is 38.5 Å². The number of allylic oxidation sites excluding steroid dienone is 1. The first-order valence-electron chi connectivity index (χ1n) is 14.1. The topological polar surface area (TPSA) is 118 Å². The molecule has 0 spiro atoms. The second-order valence-corrected chi connectivity index (χ2v) is 15.0. The van der Waals surface area contributed by atoms with Crippen molar-refractivity contribution < 1.29 is 30.3 Å². The number of carboxylic acids is 1. The van der Waals surface area contributed by atoms with E-state index < -0.39 is 46.6 Å². The van der Waals surface area contributed by atoms with Gasteiger partial charge in [-0.05, 0) is 91.3 Å². The molecule has 204 valence electrons. The Hall–Kier alpha value is -0.950. The second kappa shape index (κ2) is 7.58. The van der Waals surface area contributed by atoms with Gasteiger partial charge in [-0.2, -0.15) is 0 Å². The number of hydrogen-bond donors (Lipinski definition) is 5. The van der Waals surface area contributed by atoms with E-state index in [9.17, 15) is 30.3 Å². The van der Waals surface area contributed by atoms with Crippen molar-refractivity contribution >= 4 is 5.97 Å². The molecule has 4 saturated carbocycles. The monoisotopic (exact) mass is 504 g/mol. The van der Waals surface area contributed by atoms with Gasteiger partial charge < -0.3 is 25.5 Å². The molecule has 0 amide bonds. The smallest absolute Gasteiger partial charge is 0.310 e. The van der Waals surface area contributed by atoms with E-state index in [1.807, 2.05) is 27.7 Å². The Morgan fingerprint density at radius 1 is 0.944 bits per heavy atom. The first kappa shape index (κ1) is 26.6. The largest absolute Gasteiger partial charge is 0.481 e. The number of aliphatic hydroxyl groups is 4. The summed E-state index contributed by atoms with van der Waals surface area (Å²) in [6.45, 7) is 14.6. The third-order valence-corrected chi connectivity index (χ3v) is 13.3. The highest BCUT2D eigenvalue weighted by molar-refractivity contribution is 5.77. The molecule has 36 heavy (non-hydrogen) atoms. The highest BCUT2D eigenvalue weighted by Crippen LogP contribution is 2.76. The molecule has 0 aromatic carbocycles. The van der Waals surface area contributed by atoms with Crippen molar-refractivity contribution in [1.29, 1.82) is 0 Å². The van der Waals surface area contributed by atoms with E-state index in [4.69, 9.17) is 0 Å². The van der Waals surface area contributed by atoms with Crippen LogP contribution in [0, 0.1) is 50.7 Å². The summed E-state index contributed by atoms with van der Waals surface area (Å²) in [5, 5.41) is 56.1. The van der Waals surface area contributed by atoms with Gasteiger partial charge in [-0.15, -0.1) is 0 Å². The van der Waals surface area contributed by atoms with Gasteiger partial charge in [0.1, 0.15) is 0 Å². The van der Waals surface area contributed by atoms with Crippen LogP contribution in [0.1, 0.15) is 93.4 Å². The van der Waals surface area contributed by atoms with Crippen LogP contribution in [0.4, 0.5) is 0 Å². The normalized spacial score (nSPS) is 58.0. The summed E-state index contributed by atoms with van der Waals surface area (Å²) in [5.74, 6) is -1.24. The van der Waals surface area contributed by atoms with Crippen LogP contribution in [0.3, 0.4) is 0 Å². The molecule has 4 fully saturated rings. The van der Waals surface area contributed by atoms with Crippen LogP contribution in [0.5, 0.6) is 0 Å². The quantitative estimate of drug-likeness (QED) is 0.343. The summed E-state index contributed by atoms with van der Waals surface area (Å²) in [5.41, 5.74) is -2.73. The van der Waals surface area contributed by atoms with Gasteiger partial charge in [-0.1, -0.05) is 53.2 Å². The summed E-state index contributed by atoms with van der Waals surface area (Å²) in [6.07, 6.45) is 4.15. The number of hydrogen-bond acceptors (Lipinski definition) is 5. The third kappa shape index (κ3) is 2.91. The summed E-state index contributed by atoms with van der Waals surface area (Å²) < 4.78 is 0. The molecule has 1 unspecified atom stereocenters. The van der Waals surface area contributed by atoms with Crippen LogP contribution < -0.4 is 0 Å². The van der Waals surface area contributed by atoms with E-state index >= 15 is 0 Å². The van der Waals surface area contributed by atoms with Gasteiger partial charge in [0.25, 0.3) is 0 Å². The van der Waals surface area contributed by atoms with E-state index in [1.54, 1.807) is 0 Å². The molecule has 6 nitrogen and oxygen atoms in total. The molecule has 0 heterocycles. The zero-order valence-corrected chi connectivity index (χ0v) is 23.2. The third-order valence-electron chi connectivity index (χ3n) is 13.3. The molecule has 0 bridgehead atoms. The minimum atomic E-state index is -1.12. The number of fused-ring (bicyclic) bond motifs is 7. The predicted octanol–water partition coefficient (Wildman–Crippen LogP) is 4.15. The van der Waals surface area contributed by atoms with Gasteiger partial charge in [-0.25, -0.2) is 0 Å². The lowest BCUT2D eigenvalue weighted by Crippen LogP contribution is -2.71. The van der Waals surface area contributed by atoms with Crippen LogP contribution in [0.2, 0.25) is 0 Å².